The summed E-state index contributed by atoms with van der Waals surface area (Å²) in [6.07, 6.45) is 0. The normalized spacial score (nSPS) is 10.6. The lowest BCUT2D eigenvalue weighted by atomic mass is 10.1. The van der Waals surface area contributed by atoms with E-state index in [0.29, 0.717) is 28.6 Å². The monoisotopic (exact) mass is 393 g/mol. The second-order valence-corrected chi connectivity index (χ2v) is 6.27. The zero-order chi connectivity index (χ0) is 21.0. The number of benzene rings is 2. The molecule has 0 aliphatic rings. The SMILES string of the molecule is CCn1nc(C(=O)OCC(=O)Nc2ccc(C(C)=O)cc2)c2ccccc2c1=O. The Morgan fingerprint density at radius 2 is 1.69 bits per heavy atom. The molecule has 1 aromatic heterocycles. The lowest BCUT2D eigenvalue weighted by Crippen LogP contribution is -2.27. The summed E-state index contributed by atoms with van der Waals surface area (Å²) < 4.78 is 6.26. The van der Waals surface area contributed by atoms with Gasteiger partial charge in [0, 0.05) is 23.2 Å². The van der Waals surface area contributed by atoms with Crippen molar-refractivity contribution in [3.8, 4) is 0 Å². The number of nitrogens with one attached hydrogen (secondary N) is 1. The number of ether oxygens (including phenoxy) is 1. The number of esters is 1. The number of ketones is 1. The van der Waals surface area contributed by atoms with Crippen molar-refractivity contribution in [2.45, 2.75) is 20.4 Å². The predicted molar refractivity (Wildman–Crippen MR) is 107 cm³/mol. The molecule has 1 N–H and O–H groups in total. The third-order valence-corrected chi connectivity index (χ3v) is 4.27. The van der Waals surface area contributed by atoms with Gasteiger partial charge in [0.15, 0.2) is 18.1 Å². The molecule has 8 nitrogen and oxygen atoms in total. The molecule has 0 bridgehead atoms. The van der Waals surface area contributed by atoms with Crippen LogP contribution in [0.15, 0.2) is 53.3 Å². The molecule has 0 spiro atoms. The first-order chi connectivity index (χ1) is 13.9. The number of aryl methyl sites for hydroxylation is 1. The van der Waals surface area contributed by atoms with Crippen molar-refractivity contribution in [3.63, 3.8) is 0 Å². The Hall–Kier alpha value is -3.81. The van der Waals surface area contributed by atoms with E-state index >= 15 is 0 Å². The van der Waals surface area contributed by atoms with Crippen LogP contribution in [0.4, 0.5) is 5.69 Å². The van der Waals surface area contributed by atoms with Crippen molar-refractivity contribution in [3.05, 3.63) is 70.1 Å². The first-order valence-electron chi connectivity index (χ1n) is 8.98. The van der Waals surface area contributed by atoms with Crippen molar-refractivity contribution in [1.82, 2.24) is 9.78 Å². The Morgan fingerprint density at radius 1 is 1.03 bits per heavy atom. The zero-order valence-corrected chi connectivity index (χ0v) is 16.0. The Bertz CT molecular complexity index is 1150. The Kier molecular flexibility index (Phi) is 5.82. The highest BCUT2D eigenvalue weighted by atomic mass is 16.5. The highest BCUT2D eigenvalue weighted by molar-refractivity contribution is 6.03. The quantitative estimate of drug-likeness (QED) is 0.509. The first kappa shape index (κ1) is 19.9. The molecule has 148 valence electrons. The van der Waals surface area contributed by atoms with Crippen LogP contribution in [0.25, 0.3) is 10.8 Å². The lowest BCUT2D eigenvalue weighted by molar-refractivity contribution is -0.119. The maximum Gasteiger partial charge on any atom is 0.359 e. The smallest absolute Gasteiger partial charge is 0.359 e. The summed E-state index contributed by atoms with van der Waals surface area (Å²) in [7, 11) is 0. The molecule has 8 heteroatoms. The van der Waals surface area contributed by atoms with E-state index in [0.717, 1.165) is 0 Å². The van der Waals surface area contributed by atoms with E-state index in [1.807, 2.05) is 0 Å². The van der Waals surface area contributed by atoms with Gasteiger partial charge >= 0.3 is 5.97 Å². The fraction of sp³-hybridized carbons (Fsp3) is 0.190. The average molecular weight is 393 g/mol. The lowest BCUT2D eigenvalue weighted by Gasteiger charge is -2.10. The second kappa shape index (κ2) is 8.47. The van der Waals surface area contributed by atoms with Crippen molar-refractivity contribution in [1.29, 1.82) is 0 Å². The largest absolute Gasteiger partial charge is 0.451 e. The number of carbonyl (C=O) groups is 3. The van der Waals surface area contributed by atoms with Gasteiger partial charge in [-0.3, -0.25) is 14.4 Å². The third-order valence-electron chi connectivity index (χ3n) is 4.27. The van der Waals surface area contributed by atoms with Gasteiger partial charge in [-0.25, -0.2) is 9.48 Å². The van der Waals surface area contributed by atoms with E-state index in [1.54, 1.807) is 55.5 Å². The maximum absolute atomic E-state index is 12.5. The molecule has 0 radical (unpaired) electrons. The summed E-state index contributed by atoms with van der Waals surface area (Å²) in [5.74, 6) is -1.42. The van der Waals surface area contributed by atoms with Crippen molar-refractivity contribution in [2.75, 3.05) is 11.9 Å². The van der Waals surface area contributed by atoms with Crippen LogP contribution in [0, 0.1) is 0 Å². The highest BCUT2D eigenvalue weighted by Gasteiger charge is 2.18. The molecule has 0 aliphatic carbocycles. The molecule has 29 heavy (non-hydrogen) atoms. The number of Topliss-reactive ketones (excluding diaryl/α,β-unsaturated/α-hetero) is 1. The Balaban J connectivity index is 1.72. The minimum atomic E-state index is -0.800. The van der Waals surface area contributed by atoms with Crippen LogP contribution >= 0.6 is 0 Å². The van der Waals surface area contributed by atoms with E-state index in [1.165, 1.54) is 11.6 Å². The van der Waals surface area contributed by atoms with E-state index < -0.39 is 18.5 Å². The van der Waals surface area contributed by atoms with Crippen LogP contribution in [-0.4, -0.2) is 34.0 Å². The number of hydrogen-bond acceptors (Lipinski definition) is 6. The first-order valence-corrected chi connectivity index (χ1v) is 8.98. The van der Waals surface area contributed by atoms with Gasteiger partial charge < -0.3 is 10.1 Å². The van der Waals surface area contributed by atoms with Gasteiger partial charge in [-0.2, -0.15) is 5.10 Å². The molecule has 2 aromatic carbocycles. The molecule has 0 saturated heterocycles. The highest BCUT2D eigenvalue weighted by Crippen LogP contribution is 2.14. The molecule has 1 amide bonds. The molecule has 0 atom stereocenters. The summed E-state index contributed by atoms with van der Waals surface area (Å²) >= 11 is 0. The Labute approximate surface area is 166 Å². The summed E-state index contributed by atoms with van der Waals surface area (Å²) in [5.41, 5.74) is 0.671. The van der Waals surface area contributed by atoms with Crippen molar-refractivity contribution < 1.29 is 19.1 Å². The van der Waals surface area contributed by atoms with Crippen LogP contribution in [0.2, 0.25) is 0 Å². The van der Waals surface area contributed by atoms with Crippen molar-refractivity contribution >= 4 is 34.1 Å². The van der Waals surface area contributed by atoms with Gasteiger partial charge in [-0.05, 0) is 44.2 Å². The number of aromatic nitrogens is 2. The van der Waals surface area contributed by atoms with Crippen LogP contribution in [-0.2, 0) is 16.1 Å². The fourth-order valence-electron chi connectivity index (χ4n) is 2.79. The van der Waals surface area contributed by atoms with E-state index in [-0.39, 0.29) is 17.0 Å². The summed E-state index contributed by atoms with van der Waals surface area (Å²) in [4.78, 5) is 48.2. The van der Waals surface area contributed by atoms with Crippen LogP contribution in [0.3, 0.4) is 0 Å². The zero-order valence-electron chi connectivity index (χ0n) is 16.0. The van der Waals surface area contributed by atoms with Crippen LogP contribution in [0.1, 0.15) is 34.7 Å². The van der Waals surface area contributed by atoms with Gasteiger partial charge in [0.1, 0.15) is 0 Å². The third kappa shape index (κ3) is 4.37. The second-order valence-electron chi connectivity index (χ2n) is 6.27. The fourth-order valence-corrected chi connectivity index (χ4v) is 2.79. The summed E-state index contributed by atoms with van der Waals surface area (Å²) in [6, 6.07) is 13.0. The number of carbonyl (C=O) groups excluding carboxylic acids is 3. The van der Waals surface area contributed by atoms with Gasteiger partial charge in [-0.1, -0.05) is 18.2 Å². The molecular weight excluding hydrogens is 374 g/mol. The van der Waals surface area contributed by atoms with Crippen LogP contribution < -0.4 is 10.9 Å². The van der Waals surface area contributed by atoms with Crippen molar-refractivity contribution in [2.24, 2.45) is 0 Å². The molecule has 0 aliphatic heterocycles. The number of nitrogens with zero attached hydrogens (tertiary/aromatic N) is 2. The number of anilines is 1. The van der Waals surface area contributed by atoms with E-state index in [4.69, 9.17) is 4.74 Å². The molecule has 0 unspecified atom stereocenters. The van der Waals surface area contributed by atoms with Gasteiger partial charge in [0.25, 0.3) is 11.5 Å². The van der Waals surface area contributed by atoms with Gasteiger partial charge in [-0.15, -0.1) is 0 Å². The number of amides is 1. The minimum Gasteiger partial charge on any atom is -0.451 e. The summed E-state index contributed by atoms with van der Waals surface area (Å²) in [6.45, 7) is 2.96. The average Bonchev–Trinajstić information content (AvgIpc) is 2.73. The molecule has 1 heterocycles. The maximum atomic E-state index is 12.5. The molecule has 3 rings (SSSR count). The topological polar surface area (TPSA) is 107 Å². The van der Waals surface area contributed by atoms with Gasteiger partial charge in [0.2, 0.25) is 0 Å². The Morgan fingerprint density at radius 3 is 2.31 bits per heavy atom. The number of hydrogen-bond donors (Lipinski definition) is 1. The van der Waals surface area contributed by atoms with Gasteiger partial charge in [0.05, 0.1) is 5.39 Å². The molecule has 3 aromatic rings. The van der Waals surface area contributed by atoms with E-state index in [9.17, 15) is 19.2 Å². The molecule has 0 fully saturated rings. The molecular formula is C21H19N3O5. The summed E-state index contributed by atoms with van der Waals surface area (Å²) in [5, 5.41) is 7.37. The predicted octanol–water partition coefficient (Wildman–Crippen LogP) is 2.41. The molecule has 0 saturated carbocycles. The van der Waals surface area contributed by atoms with Crippen LogP contribution in [0.5, 0.6) is 0 Å². The standard InChI is InChI=1S/C21H19N3O5/c1-3-24-20(27)17-7-5-4-6-16(17)19(23-24)21(28)29-12-18(26)22-15-10-8-14(9-11-15)13(2)25/h4-11H,3,12H2,1-2H3,(H,22,26). The van der Waals surface area contributed by atoms with E-state index in [2.05, 4.69) is 10.4 Å². The number of rotatable bonds is 6. The minimum absolute atomic E-state index is 0.0272. The number of fused-ring (bicyclic) bond motifs is 1.